The number of anilines is 1. The number of ether oxygens (including phenoxy) is 2. The Labute approximate surface area is 132 Å². The molecule has 1 unspecified atom stereocenters. The number of rotatable bonds is 5. The Morgan fingerprint density at radius 3 is 2.48 bits per heavy atom. The van der Waals surface area contributed by atoms with E-state index in [-0.39, 0.29) is 0 Å². The molecule has 1 N–H and O–H groups in total. The molecule has 0 amide bonds. The first-order valence-electron chi connectivity index (χ1n) is 6.31. The van der Waals surface area contributed by atoms with Gasteiger partial charge in [-0.05, 0) is 30.3 Å². The molecule has 2 aromatic carbocycles. The van der Waals surface area contributed by atoms with Crippen molar-refractivity contribution in [2.75, 3.05) is 19.5 Å². The molecule has 0 heterocycles. The number of nitrogens with zero attached hydrogens (tertiary/aromatic N) is 1. The summed E-state index contributed by atoms with van der Waals surface area (Å²) in [5.74, 6) is 1.45. The van der Waals surface area contributed by atoms with E-state index >= 15 is 0 Å². The summed E-state index contributed by atoms with van der Waals surface area (Å²) in [6, 6.07) is 14.8. The van der Waals surface area contributed by atoms with E-state index in [1.165, 1.54) is 0 Å². The lowest BCUT2D eigenvalue weighted by atomic mass is 10.1. The maximum atomic E-state index is 9.45. The first-order chi connectivity index (χ1) is 10.2. The van der Waals surface area contributed by atoms with Gasteiger partial charge in [0.2, 0.25) is 0 Å². The van der Waals surface area contributed by atoms with E-state index in [1.807, 2.05) is 42.5 Å². The molecule has 0 bridgehead atoms. The predicted molar refractivity (Wildman–Crippen MR) is 85.7 cm³/mol. The second kappa shape index (κ2) is 7.00. The molecule has 0 aromatic heterocycles. The lowest BCUT2D eigenvalue weighted by Gasteiger charge is -2.16. The Morgan fingerprint density at radius 1 is 1.10 bits per heavy atom. The first-order valence-corrected chi connectivity index (χ1v) is 7.11. The minimum Gasteiger partial charge on any atom is -0.497 e. The van der Waals surface area contributed by atoms with Crippen molar-refractivity contribution in [3.63, 3.8) is 0 Å². The highest BCUT2D eigenvalue weighted by Crippen LogP contribution is 2.30. The van der Waals surface area contributed by atoms with Crippen LogP contribution < -0.4 is 14.8 Å². The van der Waals surface area contributed by atoms with Gasteiger partial charge in [-0.25, -0.2) is 0 Å². The third-order valence-electron chi connectivity index (χ3n) is 3.02. The Hall–Kier alpha value is -2.19. The fourth-order valence-corrected chi connectivity index (χ4v) is 2.40. The second-order valence-electron chi connectivity index (χ2n) is 4.33. The van der Waals surface area contributed by atoms with Crippen LogP contribution >= 0.6 is 15.9 Å². The van der Waals surface area contributed by atoms with Crippen molar-refractivity contribution in [1.29, 1.82) is 5.26 Å². The average molecular weight is 347 g/mol. The van der Waals surface area contributed by atoms with Crippen LogP contribution in [-0.4, -0.2) is 14.2 Å². The third-order valence-corrected chi connectivity index (χ3v) is 3.75. The van der Waals surface area contributed by atoms with Crippen LogP contribution in [0.15, 0.2) is 46.9 Å². The third kappa shape index (κ3) is 3.67. The van der Waals surface area contributed by atoms with Crippen molar-refractivity contribution in [2.24, 2.45) is 0 Å². The molecule has 5 heteroatoms. The van der Waals surface area contributed by atoms with Gasteiger partial charge in [0, 0.05) is 21.8 Å². The van der Waals surface area contributed by atoms with Crippen molar-refractivity contribution < 1.29 is 9.47 Å². The Bertz CT molecular complexity index is 668. The molecule has 0 aliphatic rings. The van der Waals surface area contributed by atoms with Crippen molar-refractivity contribution in [3.05, 3.63) is 52.5 Å². The summed E-state index contributed by atoms with van der Waals surface area (Å²) in [4.78, 5) is 0. The van der Waals surface area contributed by atoms with Gasteiger partial charge in [0.15, 0.2) is 0 Å². The summed E-state index contributed by atoms with van der Waals surface area (Å²) in [7, 11) is 3.21. The monoisotopic (exact) mass is 346 g/mol. The maximum Gasteiger partial charge on any atom is 0.141 e. The molecule has 1 atom stereocenters. The molecular weight excluding hydrogens is 332 g/mol. The molecule has 0 radical (unpaired) electrons. The fourth-order valence-electron chi connectivity index (χ4n) is 1.93. The first kappa shape index (κ1) is 15.2. The minimum absolute atomic E-state index is 0.499. The molecule has 108 valence electrons. The lowest BCUT2D eigenvalue weighted by Crippen LogP contribution is -2.09. The highest BCUT2D eigenvalue weighted by Gasteiger charge is 2.15. The number of hydrogen-bond donors (Lipinski definition) is 1. The molecule has 0 saturated carbocycles. The van der Waals surface area contributed by atoms with E-state index < -0.39 is 6.04 Å². The van der Waals surface area contributed by atoms with Gasteiger partial charge in [0.05, 0.1) is 20.3 Å². The normalized spacial score (nSPS) is 11.3. The van der Waals surface area contributed by atoms with Crippen LogP contribution in [-0.2, 0) is 0 Å². The van der Waals surface area contributed by atoms with Crippen LogP contribution in [0.5, 0.6) is 11.5 Å². The molecule has 4 nitrogen and oxygen atoms in total. The van der Waals surface area contributed by atoms with Crippen LogP contribution in [0.3, 0.4) is 0 Å². The molecule has 0 aliphatic carbocycles. The molecule has 0 saturated heterocycles. The molecule has 21 heavy (non-hydrogen) atoms. The van der Waals surface area contributed by atoms with Gasteiger partial charge in [0.25, 0.3) is 0 Å². The Morgan fingerprint density at radius 2 is 1.81 bits per heavy atom. The highest BCUT2D eigenvalue weighted by atomic mass is 79.9. The van der Waals surface area contributed by atoms with Crippen molar-refractivity contribution in [3.8, 4) is 17.6 Å². The van der Waals surface area contributed by atoms with E-state index in [9.17, 15) is 5.26 Å². The zero-order valence-corrected chi connectivity index (χ0v) is 13.3. The van der Waals surface area contributed by atoms with E-state index in [0.717, 1.165) is 21.5 Å². The van der Waals surface area contributed by atoms with E-state index in [0.29, 0.717) is 5.75 Å². The number of halogens is 1. The molecule has 0 spiro atoms. The van der Waals surface area contributed by atoms with Gasteiger partial charge in [-0.2, -0.15) is 5.26 Å². The Kier molecular flexibility index (Phi) is 5.07. The molecule has 2 rings (SSSR count). The predicted octanol–water partition coefficient (Wildman–Crippen LogP) is 4.14. The quantitative estimate of drug-likeness (QED) is 0.883. The van der Waals surface area contributed by atoms with Gasteiger partial charge in [-0.1, -0.05) is 22.0 Å². The number of nitrogens with one attached hydrogen (secondary N) is 1. The summed E-state index contributed by atoms with van der Waals surface area (Å²) in [6.07, 6.45) is 0. The smallest absolute Gasteiger partial charge is 0.141 e. The zero-order valence-electron chi connectivity index (χ0n) is 11.8. The molecule has 2 aromatic rings. The lowest BCUT2D eigenvalue weighted by molar-refractivity contribution is 0.414. The fraction of sp³-hybridized carbons (Fsp3) is 0.188. The largest absolute Gasteiger partial charge is 0.497 e. The summed E-state index contributed by atoms with van der Waals surface area (Å²) < 4.78 is 11.2. The van der Waals surface area contributed by atoms with Crippen molar-refractivity contribution in [1.82, 2.24) is 0 Å². The SMILES string of the molecule is COc1cccc(NC(C#N)c2cc(OC)ccc2Br)c1. The number of nitriles is 1. The van der Waals surface area contributed by atoms with E-state index in [4.69, 9.17) is 9.47 Å². The number of hydrogen-bond acceptors (Lipinski definition) is 4. The van der Waals surface area contributed by atoms with Gasteiger partial charge in [-0.3, -0.25) is 0 Å². The van der Waals surface area contributed by atoms with Crippen LogP contribution in [0.25, 0.3) is 0 Å². The van der Waals surface area contributed by atoms with Crippen LogP contribution in [0.4, 0.5) is 5.69 Å². The van der Waals surface area contributed by atoms with Gasteiger partial charge in [0.1, 0.15) is 17.5 Å². The maximum absolute atomic E-state index is 9.45. The zero-order chi connectivity index (χ0) is 15.2. The van der Waals surface area contributed by atoms with E-state index in [1.54, 1.807) is 14.2 Å². The summed E-state index contributed by atoms with van der Waals surface area (Å²) in [5, 5.41) is 12.6. The summed E-state index contributed by atoms with van der Waals surface area (Å²) in [6.45, 7) is 0. The summed E-state index contributed by atoms with van der Waals surface area (Å²) >= 11 is 3.47. The Balaban J connectivity index is 2.30. The standard InChI is InChI=1S/C16H15BrN2O2/c1-20-12-5-3-4-11(8-12)19-16(10-18)14-9-13(21-2)6-7-15(14)17/h3-9,16,19H,1-2H3. The molecular formula is C16H15BrN2O2. The number of methoxy groups -OCH3 is 2. The van der Waals surface area contributed by atoms with Gasteiger partial charge in [-0.15, -0.1) is 0 Å². The van der Waals surface area contributed by atoms with Crippen LogP contribution in [0.1, 0.15) is 11.6 Å². The number of benzene rings is 2. The molecule has 0 aliphatic heterocycles. The highest BCUT2D eigenvalue weighted by molar-refractivity contribution is 9.10. The van der Waals surface area contributed by atoms with E-state index in [2.05, 4.69) is 27.3 Å². The van der Waals surface area contributed by atoms with Gasteiger partial charge >= 0.3 is 0 Å². The second-order valence-corrected chi connectivity index (χ2v) is 5.18. The van der Waals surface area contributed by atoms with Crippen molar-refractivity contribution in [2.45, 2.75) is 6.04 Å². The topological polar surface area (TPSA) is 54.3 Å². The van der Waals surface area contributed by atoms with Gasteiger partial charge < -0.3 is 14.8 Å². The summed E-state index contributed by atoms with van der Waals surface area (Å²) in [5.41, 5.74) is 1.63. The average Bonchev–Trinajstić information content (AvgIpc) is 2.53. The van der Waals surface area contributed by atoms with Crippen molar-refractivity contribution >= 4 is 21.6 Å². The minimum atomic E-state index is -0.499. The van der Waals surface area contributed by atoms with Crippen LogP contribution in [0, 0.1) is 11.3 Å². The molecule has 0 fully saturated rings. The van der Waals surface area contributed by atoms with Crippen LogP contribution in [0.2, 0.25) is 0 Å².